The molecule has 1 N–H and O–H groups in total. The van der Waals surface area contributed by atoms with Crippen molar-refractivity contribution in [2.24, 2.45) is 0 Å². The molecule has 0 spiro atoms. The van der Waals surface area contributed by atoms with Crippen LogP contribution in [0.15, 0.2) is 107 Å². The van der Waals surface area contributed by atoms with Crippen LogP contribution in [-0.2, 0) is 17.6 Å². The zero-order chi connectivity index (χ0) is 28.8. The first-order valence-corrected chi connectivity index (χ1v) is 13.4. The molecule has 0 saturated carbocycles. The Labute approximate surface area is 238 Å². The summed E-state index contributed by atoms with van der Waals surface area (Å²) >= 11 is 0. The minimum absolute atomic E-state index is 0.337. The molecule has 0 amide bonds. The molecule has 4 aromatic carbocycles. The zero-order valence-corrected chi connectivity index (χ0v) is 22.8. The smallest absolute Gasteiger partial charge is 0.346 e. The average molecular weight is 541 g/mol. The monoisotopic (exact) mass is 540 g/mol. The van der Waals surface area contributed by atoms with E-state index in [4.69, 9.17) is 14.8 Å². The highest BCUT2D eigenvalue weighted by molar-refractivity contribution is 5.96. The van der Waals surface area contributed by atoms with E-state index in [9.17, 15) is 4.79 Å². The Morgan fingerprint density at radius 1 is 0.756 bits per heavy atom. The van der Waals surface area contributed by atoms with Gasteiger partial charge in [0.2, 0.25) is 11.8 Å². The van der Waals surface area contributed by atoms with E-state index < -0.39 is 5.97 Å². The number of nitrogens with zero attached hydrogens (tertiary/aromatic N) is 4. The van der Waals surface area contributed by atoms with Gasteiger partial charge in [0.1, 0.15) is 11.6 Å². The second-order valence-electron chi connectivity index (χ2n) is 9.43. The van der Waals surface area contributed by atoms with Crippen LogP contribution in [0.2, 0.25) is 0 Å². The van der Waals surface area contributed by atoms with Gasteiger partial charge in [-0.1, -0.05) is 50.2 Å². The summed E-state index contributed by atoms with van der Waals surface area (Å²) in [5.74, 6) is -0.539. The van der Waals surface area contributed by atoms with Crippen molar-refractivity contribution in [1.29, 1.82) is 5.26 Å². The van der Waals surface area contributed by atoms with Crippen molar-refractivity contribution < 1.29 is 14.3 Å². The molecule has 0 aliphatic rings. The number of rotatable bonds is 9. The number of carboxylic acids is 1. The third kappa shape index (κ3) is 6.07. The first kappa shape index (κ1) is 27.1. The standard InChI is InChI=1S/C34H28N4O3/c1-3-23-7-15-29(16-8-23)38(30-17-9-24(4-2)10-18-30)31-19-13-27(14-20-31)33-37-36-32(41-33)26-11-5-25(6-12-26)21-28(22-35)34(39)40/h5-21H,3-4H2,1-2H3,(H,39,40)/b28-21-. The number of hydrogen-bond acceptors (Lipinski definition) is 6. The molecule has 0 unspecified atom stereocenters. The summed E-state index contributed by atoms with van der Waals surface area (Å²) in [4.78, 5) is 13.3. The molecule has 0 atom stereocenters. The summed E-state index contributed by atoms with van der Waals surface area (Å²) in [7, 11) is 0. The van der Waals surface area contributed by atoms with Gasteiger partial charge < -0.3 is 14.4 Å². The largest absolute Gasteiger partial charge is 0.477 e. The lowest BCUT2D eigenvalue weighted by Gasteiger charge is -2.26. The molecule has 0 aliphatic heterocycles. The number of hydrogen-bond donors (Lipinski definition) is 1. The minimum atomic E-state index is -1.27. The molecule has 7 heteroatoms. The molecule has 0 aliphatic carbocycles. The van der Waals surface area contributed by atoms with E-state index in [1.54, 1.807) is 30.3 Å². The highest BCUT2D eigenvalue weighted by Gasteiger charge is 2.15. The molecule has 7 nitrogen and oxygen atoms in total. The average Bonchev–Trinajstić information content (AvgIpc) is 3.52. The molecular formula is C34H28N4O3. The maximum atomic E-state index is 11.1. The minimum Gasteiger partial charge on any atom is -0.477 e. The van der Waals surface area contributed by atoms with Crippen LogP contribution in [0.1, 0.15) is 30.5 Å². The second-order valence-corrected chi connectivity index (χ2v) is 9.43. The predicted molar refractivity (Wildman–Crippen MR) is 160 cm³/mol. The van der Waals surface area contributed by atoms with Gasteiger partial charge >= 0.3 is 5.97 Å². The van der Waals surface area contributed by atoms with Gasteiger partial charge in [-0.2, -0.15) is 5.26 Å². The van der Waals surface area contributed by atoms with Gasteiger partial charge in [-0.25, -0.2) is 4.79 Å². The van der Waals surface area contributed by atoms with Crippen molar-refractivity contribution in [2.45, 2.75) is 26.7 Å². The van der Waals surface area contributed by atoms with Crippen molar-refractivity contribution in [1.82, 2.24) is 10.2 Å². The number of aliphatic carboxylic acids is 1. The first-order valence-electron chi connectivity index (χ1n) is 13.4. The number of benzene rings is 4. The van der Waals surface area contributed by atoms with E-state index in [-0.39, 0.29) is 5.57 Å². The van der Waals surface area contributed by atoms with Crippen LogP contribution >= 0.6 is 0 Å². The maximum Gasteiger partial charge on any atom is 0.346 e. The summed E-state index contributed by atoms with van der Waals surface area (Å²) in [5.41, 5.74) is 7.44. The first-order chi connectivity index (χ1) is 20.0. The zero-order valence-electron chi connectivity index (χ0n) is 22.8. The number of carbonyl (C=O) groups is 1. The highest BCUT2D eigenvalue weighted by Crippen LogP contribution is 2.36. The van der Waals surface area contributed by atoms with E-state index in [2.05, 4.69) is 77.5 Å². The quantitative estimate of drug-likeness (QED) is 0.149. The van der Waals surface area contributed by atoms with Crippen LogP contribution in [0, 0.1) is 11.3 Å². The van der Waals surface area contributed by atoms with Crippen molar-refractivity contribution >= 4 is 29.1 Å². The normalized spacial score (nSPS) is 11.2. The van der Waals surface area contributed by atoms with Gasteiger partial charge in [-0.3, -0.25) is 0 Å². The Hall–Kier alpha value is -5.48. The molecule has 41 heavy (non-hydrogen) atoms. The molecule has 0 bridgehead atoms. The molecule has 5 rings (SSSR count). The molecule has 1 aromatic heterocycles. The molecule has 1 heterocycles. The summed E-state index contributed by atoms with van der Waals surface area (Å²) in [6.45, 7) is 4.30. The summed E-state index contributed by atoms with van der Waals surface area (Å²) < 4.78 is 5.96. The lowest BCUT2D eigenvalue weighted by Crippen LogP contribution is -2.10. The maximum absolute atomic E-state index is 11.1. The van der Waals surface area contributed by atoms with E-state index in [0.717, 1.165) is 35.5 Å². The van der Waals surface area contributed by atoms with Crippen LogP contribution in [0.25, 0.3) is 29.0 Å². The number of nitriles is 1. The van der Waals surface area contributed by atoms with Crippen molar-refractivity contribution in [3.8, 4) is 29.0 Å². The predicted octanol–water partition coefficient (Wildman–Crippen LogP) is 7.99. The van der Waals surface area contributed by atoms with Crippen LogP contribution in [-0.4, -0.2) is 21.3 Å². The topological polar surface area (TPSA) is 103 Å². The van der Waals surface area contributed by atoms with Gasteiger partial charge in [0.05, 0.1) is 0 Å². The lowest BCUT2D eigenvalue weighted by molar-refractivity contribution is -0.132. The third-order valence-corrected chi connectivity index (χ3v) is 6.82. The third-order valence-electron chi connectivity index (χ3n) is 6.82. The Kier molecular flexibility index (Phi) is 8.03. The highest BCUT2D eigenvalue weighted by atomic mass is 16.4. The van der Waals surface area contributed by atoms with Gasteiger partial charge in [0, 0.05) is 28.2 Å². The van der Waals surface area contributed by atoms with Crippen LogP contribution < -0.4 is 4.90 Å². The van der Waals surface area contributed by atoms with Crippen LogP contribution in [0.5, 0.6) is 0 Å². The number of carboxylic acid groups (broad SMARTS) is 1. The Morgan fingerprint density at radius 3 is 1.56 bits per heavy atom. The van der Waals surface area contributed by atoms with Crippen LogP contribution in [0.3, 0.4) is 0 Å². The fourth-order valence-corrected chi connectivity index (χ4v) is 4.45. The number of aryl methyl sites for hydroxylation is 2. The molecule has 0 fully saturated rings. The van der Waals surface area contributed by atoms with E-state index >= 15 is 0 Å². The van der Waals surface area contributed by atoms with Crippen molar-refractivity contribution in [3.05, 3.63) is 119 Å². The molecule has 202 valence electrons. The summed E-state index contributed by atoms with van der Waals surface area (Å²) in [5, 5.41) is 26.5. The Morgan fingerprint density at radius 2 is 1.17 bits per heavy atom. The molecule has 0 radical (unpaired) electrons. The van der Waals surface area contributed by atoms with E-state index in [1.165, 1.54) is 17.2 Å². The van der Waals surface area contributed by atoms with E-state index in [0.29, 0.717) is 22.9 Å². The second kappa shape index (κ2) is 12.1. The van der Waals surface area contributed by atoms with Gasteiger partial charge in [-0.05, 0) is 96.3 Å². The lowest BCUT2D eigenvalue weighted by atomic mass is 10.1. The van der Waals surface area contributed by atoms with Gasteiger partial charge in [0.15, 0.2) is 0 Å². The molecule has 5 aromatic rings. The van der Waals surface area contributed by atoms with Crippen molar-refractivity contribution in [3.63, 3.8) is 0 Å². The number of anilines is 3. The Bertz CT molecular complexity index is 1660. The SMILES string of the molecule is CCc1ccc(N(c2ccc(CC)cc2)c2ccc(-c3nnc(-c4ccc(/C=C(/C#N)C(=O)O)cc4)o3)cc2)cc1. The molecular weight excluding hydrogens is 512 g/mol. The van der Waals surface area contributed by atoms with Gasteiger partial charge in [0.25, 0.3) is 0 Å². The van der Waals surface area contributed by atoms with Gasteiger partial charge in [-0.15, -0.1) is 10.2 Å². The van der Waals surface area contributed by atoms with Crippen molar-refractivity contribution in [2.75, 3.05) is 4.90 Å². The number of aromatic nitrogens is 2. The summed E-state index contributed by atoms with van der Waals surface area (Å²) in [6, 6.07) is 33.8. The van der Waals surface area contributed by atoms with E-state index in [1.807, 2.05) is 24.3 Å². The Balaban J connectivity index is 1.41. The fourth-order valence-electron chi connectivity index (χ4n) is 4.45. The molecule has 0 saturated heterocycles. The summed E-state index contributed by atoms with van der Waals surface area (Å²) in [6.07, 6.45) is 3.29. The van der Waals surface area contributed by atoms with Crippen LogP contribution in [0.4, 0.5) is 17.1 Å². The fraction of sp³-hybridized carbons (Fsp3) is 0.118.